The fourth-order valence-corrected chi connectivity index (χ4v) is 2.96. The molecule has 2 aromatic rings. The van der Waals surface area contributed by atoms with Crippen molar-refractivity contribution in [3.63, 3.8) is 0 Å². The van der Waals surface area contributed by atoms with E-state index in [0.717, 1.165) is 5.56 Å². The minimum Gasteiger partial charge on any atom is -0.449 e. The summed E-state index contributed by atoms with van der Waals surface area (Å²) in [6.45, 7) is 0. The van der Waals surface area contributed by atoms with E-state index in [1.54, 1.807) is 18.2 Å². The van der Waals surface area contributed by atoms with Crippen LogP contribution in [0.4, 0.5) is 13.2 Å². The van der Waals surface area contributed by atoms with Gasteiger partial charge in [0, 0.05) is 0 Å². The molecule has 0 aliphatic rings. The highest BCUT2D eigenvalue weighted by atomic mass is 19.4. The second-order valence-electron chi connectivity index (χ2n) is 6.75. The van der Waals surface area contributed by atoms with Crippen LogP contribution in [0.2, 0.25) is 0 Å². The lowest BCUT2D eigenvalue weighted by atomic mass is 9.93. The second kappa shape index (κ2) is 10.4. The second-order valence-corrected chi connectivity index (χ2v) is 6.75. The zero-order chi connectivity index (χ0) is 21.4. The first-order valence-corrected chi connectivity index (χ1v) is 9.18. The van der Waals surface area contributed by atoms with Crippen molar-refractivity contribution in [3.05, 3.63) is 71.8 Å². The molecule has 4 N–H and O–H groups in total. The van der Waals surface area contributed by atoms with E-state index in [9.17, 15) is 28.2 Å². The van der Waals surface area contributed by atoms with E-state index in [2.05, 4.69) is 4.74 Å². The lowest BCUT2D eigenvalue weighted by Crippen LogP contribution is -2.48. The van der Waals surface area contributed by atoms with Crippen molar-refractivity contribution in [1.29, 1.82) is 0 Å². The number of ether oxygens (including phenoxy) is 1. The van der Waals surface area contributed by atoms with Crippen molar-refractivity contribution >= 4 is 5.97 Å². The maximum absolute atomic E-state index is 12.6. The van der Waals surface area contributed by atoms with E-state index in [1.165, 1.54) is 12.1 Å². The van der Waals surface area contributed by atoms with E-state index in [-0.39, 0.29) is 12.0 Å². The topological polar surface area (TPSA) is 92.8 Å². The maximum Gasteiger partial charge on any atom is 0.490 e. The molecule has 2 rings (SSSR count). The summed E-state index contributed by atoms with van der Waals surface area (Å²) < 4.78 is 42.5. The van der Waals surface area contributed by atoms with Crippen molar-refractivity contribution in [3.8, 4) is 0 Å². The summed E-state index contributed by atoms with van der Waals surface area (Å²) in [6, 6.07) is 15.6. The van der Waals surface area contributed by atoms with Gasteiger partial charge >= 0.3 is 12.1 Å². The van der Waals surface area contributed by atoms with Crippen molar-refractivity contribution < 1.29 is 32.9 Å². The lowest BCUT2D eigenvalue weighted by Gasteiger charge is -2.30. The number of aliphatic hydroxyl groups is 2. The summed E-state index contributed by atoms with van der Waals surface area (Å²) in [6.07, 6.45) is -8.27. The van der Waals surface area contributed by atoms with Crippen LogP contribution in [0.1, 0.15) is 30.1 Å². The third-order valence-corrected chi connectivity index (χ3v) is 4.54. The molecule has 5 nitrogen and oxygen atoms in total. The molecule has 1 unspecified atom stereocenters. The molecule has 0 saturated heterocycles. The number of esters is 1. The molecule has 0 radical (unpaired) electrons. The average Bonchev–Trinajstić information content (AvgIpc) is 2.71. The van der Waals surface area contributed by atoms with Gasteiger partial charge in [0.25, 0.3) is 0 Å². The summed E-state index contributed by atoms with van der Waals surface area (Å²) in [7, 11) is 0. The Morgan fingerprint density at radius 2 is 1.55 bits per heavy atom. The summed E-state index contributed by atoms with van der Waals surface area (Å²) in [5.74, 6) is -2.41. The van der Waals surface area contributed by atoms with E-state index in [1.807, 2.05) is 30.3 Å². The SMILES string of the molecule is N[C@H](C(OC(=O)C(F)(F)F)c1ccccc1)[C@@H](O)[C@H](O)CCCc1ccccc1. The zero-order valence-corrected chi connectivity index (χ0v) is 15.6. The molecule has 29 heavy (non-hydrogen) atoms. The van der Waals surface area contributed by atoms with Gasteiger partial charge in [-0.2, -0.15) is 13.2 Å². The number of aryl methyl sites for hydroxylation is 1. The van der Waals surface area contributed by atoms with Crippen LogP contribution in [0.5, 0.6) is 0 Å². The Morgan fingerprint density at radius 1 is 1.00 bits per heavy atom. The van der Waals surface area contributed by atoms with Gasteiger partial charge in [0.05, 0.1) is 18.2 Å². The molecule has 0 bridgehead atoms. The number of halogens is 3. The summed E-state index contributed by atoms with van der Waals surface area (Å²) in [5.41, 5.74) is 7.16. The van der Waals surface area contributed by atoms with Gasteiger partial charge in [-0.05, 0) is 30.4 Å². The van der Waals surface area contributed by atoms with Crippen molar-refractivity contribution in [2.24, 2.45) is 5.73 Å². The third kappa shape index (κ3) is 6.85. The van der Waals surface area contributed by atoms with Crippen LogP contribution >= 0.6 is 0 Å². The molecule has 4 atom stereocenters. The van der Waals surface area contributed by atoms with Gasteiger partial charge in [0.15, 0.2) is 0 Å². The molecule has 158 valence electrons. The van der Waals surface area contributed by atoms with Gasteiger partial charge in [0.1, 0.15) is 6.10 Å². The van der Waals surface area contributed by atoms with Crippen molar-refractivity contribution in [2.45, 2.75) is 49.8 Å². The molecule has 0 saturated carbocycles. The highest BCUT2D eigenvalue weighted by Gasteiger charge is 2.44. The lowest BCUT2D eigenvalue weighted by molar-refractivity contribution is -0.208. The normalized spacial score (nSPS) is 15.9. The number of nitrogens with two attached hydrogens (primary N) is 1. The Kier molecular flexibility index (Phi) is 8.19. The van der Waals surface area contributed by atoms with Crippen molar-refractivity contribution in [2.75, 3.05) is 0 Å². The van der Waals surface area contributed by atoms with Crippen LogP contribution < -0.4 is 5.73 Å². The summed E-state index contributed by atoms with van der Waals surface area (Å²) in [4.78, 5) is 11.3. The average molecular weight is 411 g/mol. The van der Waals surface area contributed by atoms with E-state index in [4.69, 9.17) is 5.73 Å². The van der Waals surface area contributed by atoms with Gasteiger partial charge in [-0.1, -0.05) is 60.7 Å². The summed E-state index contributed by atoms with van der Waals surface area (Å²) in [5, 5.41) is 20.6. The van der Waals surface area contributed by atoms with Crippen LogP contribution in [0, 0.1) is 0 Å². The number of aliphatic hydroxyl groups excluding tert-OH is 2. The van der Waals surface area contributed by atoms with Crippen molar-refractivity contribution in [1.82, 2.24) is 0 Å². The molecule has 0 heterocycles. The van der Waals surface area contributed by atoms with Crippen LogP contribution in [0.3, 0.4) is 0 Å². The first-order valence-electron chi connectivity index (χ1n) is 9.18. The molecular weight excluding hydrogens is 387 g/mol. The Hall–Kier alpha value is -2.42. The number of carbonyl (C=O) groups is 1. The molecule has 0 spiro atoms. The predicted molar refractivity (Wildman–Crippen MR) is 101 cm³/mol. The van der Waals surface area contributed by atoms with E-state index < -0.39 is 36.5 Å². The van der Waals surface area contributed by atoms with E-state index in [0.29, 0.717) is 12.8 Å². The quantitative estimate of drug-likeness (QED) is 0.552. The highest BCUT2D eigenvalue weighted by Crippen LogP contribution is 2.28. The summed E-state index contributed by atoms with van der Waals surface area (Å²) >= 11 is 0. The Labute approximate surface area is 166 Å². The Balaban J connectivity index is 2.04. The number of benzene rings is 2. The van der Waals surface area contributed by atoms with Crippen LogP contribution in [0.25, 0.3) is 0 Å². The molecule has 0 aliphatic heterocycles. The first-order chi connectivity index (χ1) is 13.7. The molecule has 0 amide bonds. The van der Waals surface area contributed by atoms with Gasteiger partial charge < -0.3 is 20.7 Å². The Morgan fingerprint density at radius 3 is 2.10 bits per heavy atom. The van der Waals surface area contributed by atoms with Gasteiger partial charge in [-0.15, -0.1) is 0 Å². The van der Waals surface area contributed by atoms with Crippen LogP contribution in [-0.4, -0.2) is 40.6 Å². The minimum absolute atomic E-state index is 0.179. The largest absolute Gasteiger partial charge is 0.490 e. The van der Waals surface area contributed by atoms with Gasteiger partial charge in [-0.3, -0.25) is 0 Å². The number of alkyl halides is 3. The maximum atomic E-state index is 12.6. The molecule has 0 aliphatic carbocycles. The minimum atomic E-state index is -5.20. The van der Waals surface area contributed by atoms with Gasteiger partial charge in [-0.25, -0.2) is 4.79 Å². The van der Waals surface area contributed by atoms with Gasteiger partial charge in [0.2, 0.25) is 0 Å². The number of hydrogen-bond acceptors (Lipinski definition) is 5. The third-order valence-electron chi connectivity index (χ3n) is 4.54. The standard InChI is InChI=1S/C21H24F3NO4/c22-21(23,24)20(28)29-19(15-11-5-2-6-12-15)17(25)18(27)16(26)13-7-10-14-8-3-1-4-9-14/h1-6,8-9,11-12,16-19,26-27H,7,10,13,25H2/t16-,17+,18+,19?/m1/s1. The Bertz CT molecular complexity index is 756. The molecule has 8 heteroatoms. The molecule has 2 aromatic carbocycles. The first kappa shape index (κ1) is 22.9. The predicted octanol–water partition coefficient (Wildman–Crippen LogP) is 2.91. The number of carbonyl (C=O) groups excluding carboxylic acids is 1. The van der Waals surface area contributed by atoms with E-state index >= 15 is 0 Å². The number of rotatable bonds is 9. The molecule has 0 aromatic heterocycles. The fraction of sp³-hybridized carbons (Fsp3) is 0.381. The molecular formula is C21H24F3NO4. The fourth-order valence-electron chi connectivity index (χ4n) is 2.96. The highest BCUT2D eigenvalue weighted by molar-refractivity contribution is 5.76. The zero-order valence-electron chi connectivity index (χ0n) is 15.6. The smallest absolute Gasteiger partial charge is 0.449 e. The van der Waals surface area contributed by atoms with Crippen LogP contribution in [0.15, 0.2) is 60.7 Å². The number of hydrogen-bond donors (Lipinski definition) is 3. The molecule has 0 fully saturated rings. The monoisotopic (exact) mass is 411 g/mol. The van der Waals surface area contributed by atoms with Crippen LogP contribution in [-0.2, 0) is 16.0 Å².